The minimum atomic E-state index is -0.0955. The monoisotopic (exact) mass is 389 g/mol. The molecule has 0 atom stereocenters. The Morgan fingerprint density at radius 2 is 1.48 bits per heavy atom. The summed E-state index contributed by atoms with van der Waals surface area (Å²) in [6, 6.07) is 10.9. The molecule has 2 aromatic carbocycles. The lowest BCUT2D eigenvalue weighted by molar-refractivity contribution is 0.104. The molecule has 0 saturated carbocycles. The number of rotatable bonds is 7. The summed E-state index contributed by atoms with van der Waals surface area (Å²) in [4.78, 5) is 16.6. The Bertz CT molecular complexity index is 769. The van der Waals surface area contributed by atoms with Gasteiger partial charge in [0.05, 0.1) is 0 Å². The second-order valence-corrected chi connectivity index (χ2v) is 6.98. The summed E-state index contributed by atoms with van der Waals surface area (Å²) in [6.45, 7) is 1.13. The van der Waals surface area contributed by atoms with Crippen molar-refractivity contribution in [3.8, 4) is 5.75 Å². The molecule has 0 aromatic heterocycles. The van der Waals surface area contributed by atoms with Crippen molar-refractivity contribution in [1.82, 2.24) is 9.80 Å². The summed E-state index contributed by atoms with van der Waals surface area (Å²) >= 11 is 0. The summed E-state index contributed by atoms with van der Waals surface area (Å²) in [5.41, 5.74) is 9.35. The van der Waals surface area contributed by atoms with Crippen LogP contribution in [0.25, 0.3) is 6.08 Å². The van der Waals surface area contributed by atoms with E-state index in [-0.39, 0.29) is 23.9 Å². The van der Waals surface area contributed by atoms with Gasteiger partial charge in [0.1, 0.15) is 5.75 Å². The molecule has 5 nitrogen and oxygen atoms in total. The molecule has 146 valence electrons. The van der Waals surface area contributed by atoms with Gasteiger partial charge in [-0.2, -0.15) is 0 Å². The van der Waals surface area contributed by atoms with Crippen molar-refractivity contribution < 1.29 is 9.90 Å². The molecule has 0 radical (unpaired) electrons. The summed E-state index contributed by atoms with van der Waals surface area (Å²) in [6.07, 6.45) is 3.32. The molecule has 0 saturated heterocycles. The maximum Gasteiger partial charge on any atom is 0.185 e. The van der Waals surface area contributed by atoms with Crippen LogP contribution in [0, 0.1) is 0 Å². The number of aromatic hydroxyl groups is 1. The lowest BCUT2D eigenvalue weighted by Gasteiger charge is -2.17. The van der Waals surface area contributed by atoms with Crippen LogP contribution in [0.15, 0.2) is 42.5 Å². The van der Waals surface area contributed by atoms with Gasteiger partial charge in [-0.05, 0) is 64.1 Å². The van der Waals surface area contributed by atoms with Gasteiger partial charge in [0, 0.05) is 35.5 Å². The van der Waals surface area contributed by atoms with Crippen LogP contribution >= 0.6 is 12.4 Å². The fourth-order valence-corrected chi connectivity index (χ4v) is 2.70. The third-order valence-electron chi connectivity index (χ3n) is 3.89. The molecule has 3 N–H and O–H groups in total. The zero-order chi connectivity index (χ0) is 19.3. The number of anilines is 1. The smallest absolute Gasteiger partial charge is 0.185 e. The van der Waals surface area contributed by atoms with Crippen LogP contribution in [0.1, 0.15) is 27.0 Å². The van der Waals surface area contributed by atoms with Gasteiger partial charge >= 0.3 is 0 Å². The number of ketones is 1. The van der Waals surface area contributed by atoms with Gasteiger partial charge in [-0.3, -0.25) is 4.79 Å². The number of phenols is 1. The molecule has 0 amide bonds. The highest BCUT2D eigenvalue weighted by molar-refractivity contribution is 6.07. The van der Waals surface area contributed by atoms with E-state index in [1.807, 2.05) is 50.1 Å². The zero-order valence-corrected chi connectivity index (χ0v) is 17.1. The van der Waals surface area contributed by atoms with Crippen molar-refractivity contribution in [2.24, 2.45) is 0 Å². The van der Waals surface area contributed by atoms with Gasteiger partial charge < -0.3 is 20.6 Å². The molecule has 2 rings (SSSR count). The quantitative estimate of drug-likeness (QED) is 0.431. The SMILES string of the molecule is CN(C)Cc1cc(C(=O)/C=C/c2ccc(N)cc2)cc(CN(C)C)c1O.Cl. The van der Waals surface area contributed by atoms with Crippen LogP contribution in [0.5, 0.6) is 5.75 Å². The standard InChI is InChI=1S/C21H27N3O2.ClH/c1-23(2)13-17-11-16(12-18(21(17)26)14-24(3)4)20(25)10-7-15-5-8-19(22)9-6-15;/h5-12,26H,13-14,22H2,1-4H3;1H/b10-7+;. The molecule has 0 fully saturated rings. The zero-order valence-electron chi connectivity index (χ0n) is 16.3. The molecule has 0 bridgehead atoms. The molecular formula is C21H28ClN3O2. The average Bonchev–Trinajstić information content (AvgIpc) is 2.56. The Morgan fingerprint density at radius 3 is 1.93 bits per heavy atom. The minimum absolute atomic E-state index is 0. The molecular weight excluding hydrogens is 362 g/mol. The molecule has 0 aliphatic heterocycles. The maximum absolute atomic E-state index is 12.7. The fraction of sp³-hybridized carbons (Fsp3) is 0.286. The highest BCUT2D eigenvalue weighted by atomic mass is 35.5. The first-order valence-corrected chi connectivity index (χ1v) is 8.48. The van der Waals surface area contributed by atoms with E-state index in [1.54, 1.807) is 36.4 Å². The van der Waals surface area contributed by atoms with Crippen LogP contribution in [0.3, 0.4) is 0 Å². The third-order valence-corrected chi connectivity index (χ3v) is 3.89. The van der Waals surface area contributed by atoms with Gasteiger partial charge in [0.2, 0.25) is 0 Å². The third kappa shape index (κ3) is 6.71. The molecule has 0 heterocycles. The fourth-order valence-electron chi connectivity index (χ4n) is 2.70. The van der Waals surface area contributed by atoms with E-state index in [4.69, 9.17) is 5.73 Å². The molecule has 6 heteroatoms. The van der Waals surface area contributed by atoms with Gasteiger partial charge in [0.15, 0.2) is 5.78 Å². The Morgan fingerprint density at radius 1 is 1.00 bits per heavy atom. The Kier molecular flexibility index (Phi) is 8.50. The molecule has 0 aliphatic carbocycles. The van der Waals surface area contributed by atoms with Crippen LogP contribution in [-0.4, -0.2) is 48.9 Å². The lowest BCUT2D eigenvalue weighted by atomic mass is 10.00. The van der Waals surface area contributed by atoms with E-state index in [1.165, 1.54) is 0 Å². The minimum Gasteiger partial charge on any atom is -0.507 e. The summed E-state index contributed by atoms with van der Waals surface area (Å²) in [5.74, 6) is 0.160. The predicted molar refractivity (Wildman–Crippen MR) is 114 cm³/mol. The number of phenolic OH excluding ortho intramolecular Hbond substituents is 1. The topological polar surface area (TPSA) is 69.8 Å². The first-order chi connectivity index (χ1) is 12.3. The number of nitrogen functional groups attached to an aromatic ring is 1. The Balaban J connectivity index is 0.00000364. The van der Waals surface area contributed by atoms with Gasteiger partial charge in [0.25, 0.3) is 0 Å². The Hall–Kier alpha value is -2.34. The van der Waals surface area contributed by atoms with E-state index in [0.717, 1.165) is 16.7 Å². The van der Waals surface area contributed by atoms with Crippen LogP contribution in [0.4, 0.5) is 5.69 Å². The number of carbonyl (C=O) groups is 1. The van der Waals surface area contributed by atoms with Crippen molar-refractivity contribution in [3.63, 3.8) is 0 Å². The summed E-state index contributed by atoms with van der Waals surface area (Å²) in [7, 11) is 7.72. The molecule has 0 spiro atoms. The van der Waals surface area contributed by atoms with Gasteiger partial charge in [-0.25, -0.2) is 0 Å². The number of nitrogens with two attached hydrogens (primary N) is 1. The number of nitrogens with zero attached hydrogens (tertiary/aromatic N) is 2. The van der Waals surface area contributed by atoms with Crippen molar-refractivity contribution in [1.29, 1.82) is 0 Å². The van der Waals surface area contributed by atoms with Gasteiger partial charge in [-0.15, -0.1) is 12.4 Å². The molecule has 2 aromatic rings. The predicted octanol–water partition coefficient (Wildman–Crippen LogP) is 3.42. The number of benzene rings is 2. The van der Waals surface area contributed by atoms with Crippen LogP contribution in [-0.2, 0) is 13.1 Å². The van der Waals surface area contributed by atoms with Crippen molar-refractivity contribution >= 4 is 30.0 Å². The number of carbonyl (C=O) groups excluding carboxylic acids is 1. The number of hydrogen-bond donors (Lipinski definition) is 2. The second kappa shape index (κ2) is 10.1. The van der Waals surface area contributed by atoms with E-state index >= 15 is 0 Å². The maximum atomic E-state index is 12.7. The molecule has 27 heavy (non-hydrogen) atoms. The van der Waals surface area contributed by atoms with E-state index in [0.29, 0.717) is 24.3 Å². The lowest BCUT2D eigenvalue weighted by Crippen LogP contribution is -2.15. The average molecular weight is 390 g/mol. The van der Waals surface area contributed by atoms with E-state index in [2.05, 4.69) is 0 Å². The number of hydrogen-bond acceptors (Lipinski definition) is 5. The first-order valence-electron chi connectivity index (χ1n) is 8.48. The highest BCUT2D eigenvalue weighted by Gasteiger charge is 2.14. The van der Waals surface area contributed by atoms with E-state index < -0.39 is 0 Å². The first kappa shape index (κ1) is 22.7. The summed E-state index contributed by atoms with van der Waals surface area (Å²) < 4.78 is 0. The highest BCUT2D eigenvalue weighted by Crippen LogP contribution is 2.27. The normalized spacial score (nSPS) is 11.2. The number of halogens is 1. The second-order valence-electron chi connectivity index (χ2n) is 6.98. The van der Waals surface area contributed by atoms with Gasteiger partial charge in [-0.1, -0.05) is 18.2 Å². The van der Waals surface area contributed by atoms with Crippen LogP contribution in [0.2, 0.25) is 0 Å². The Labute approximate surface area is 167 Å². The van der Waals surface area contributed by atoms with Crippen molar-refractivity contribution in [2.45, 2.75) is 13.1 Å². The summed E-state index contributed by atoms with van der Waals surface area (Å²) in [5, 5.41) is 10.5. The molecule has 0 unspecified atom stereocenters. The van der Waals surface area contributed by atoms with Crippen LogP contribution < -0.4 is 5.73 Å². The molecule has 0 aliphatic rings. The largest absolute Gasteiger partial charge is 0.507 e. The number of allylic oxidation sites excluding steroid dienone is 1. The van der Waals surface area contributed by atoms with E-state index in [9.17, 15) is 9.90 Å². The van der Waals surface area contributed by atoms with Crippen molar-refractivity contribution in [3.05, 3.63) is 64.7 Å². The van der Waals surface area contributed by atoms with Crippen molar-refractivity contribution in [2.75, 3.05) is 33.9 Å².